The second-order valence-corrected chi connectivity index (χ2v) is 12.2. The van der Waals surface area contributed by atoms with Crippen LogP contribution in [-0.2, 0) is 4.43 Å². The first-order valence-corrected chi connectivity index (χ1v) is 10.5. The van der Waals surface area contributed by atoms with Gasteiger partial charge in [-0.05, 0) is 50.7 Å². The van der Waals surface area contributed by atoms with Crippen molar-refractivity contribution in [2.75, 3.05) is 0 Å². The Morgan fingerprint density at radius 2 is 1.95 bits per heavy atom. The first kappa shape index (κ1) is 16.7. The van der Waals surface area contributed by atoms with Gasteiger partial charge in [-0.25, -0.2) is 0 Å². The van der Waals surface area contributed by atoms with Gasteiger partial charge in [0.05, 0.1) is 6.10 Å². The lowest BCUT2D eigenvalue weighted by molar-refractivity contribution is 0.262. The van der Waals surface area contributed by atoms with Gasteiger partial charge >= 0.3 is 0 Å². The van der Waals surface area contributed by atoms with Crippen molar-refractivity contribution in [3.05, 3.63) is 24.3 Å². The lowest BCUT2D eigenvalue weighted by atomic mass is 10.1. The molecule has 0 saturated heterocycles. The molecule has 2 atom stereocenters. The van der Waals surface area contributed by atoms with Gasteiger partial charge in [0.15, 0.2) is 8.32 Å². The zero-order valence-electron chi connectivity index (χ0n) is 13.8. The van der Waals surface area contributed by atoms with Crippen LogP contribution in [0.25, 0.3) is 0 Å². The highest BCUT2D eigenvalue weighted by atomic mass is 28.4. The smallest absolute Gasteiger partial charge is 0.192 e. The Kier molecular flexibility index (Phi) is 5.63. The van der Waals surface area contributed by atoms with Crippen molar-refractivity contribution in [1.82, 2.24) is 0 Å². The fourth-order valence-electron chi connectivity index (χ4n) is 2.08. The molecular formula is C17H32OSi. The largest absolute Gasteiger partial charge is 0.413 e. The highest BCUT2D eigenvalue weighted by Gasteiger charge is 2.47. The third-order valence-corrected chi connectivity index (χ3v) is 9.15. The Labute approximate surface area is 121 Å². The van der Waals surface area contributed by atoms with Crippen molar-refractivity contribution >= 4 is 8.32 Å². The molecule has 1 fully saturated rings. The monoisotopic (exact) mass is 280 g/mol. The molecule has 1 aliphatic carbocycles. The van der Waals surface area contributed by atoms with Crippen LogP contribution >= 0.6 is 0 Å². The molecule has 2 heteroatoms. The molecule has 1 nitrogen and oxygen atoms in total. The Hall–Kier alpha value is -0.343. The van der Waals surface area contributed by atoms with Crippen LogP contribution in [0.4, 0.5) is 0 Å². The Balaban J connectivity index is 2.40. The van der Waals surface area contributed by atoms with E-state index in [4.69, 9.17) is 4.43 Å². The van der Waals surface area contributed by atoms with Crippen molar-refractivity contribution in [3.63, 3.8) is 0 Å². The zero-order valence-corrected chi connectivity index (χ0v) is 14.8. The van der Waals surface area contributed by atoms with Gasteiger partial charge in [0.1, 0.15) is 0 Å². The second kappa shape index (κ2) is 6.40. The SMILES string of the molecule is C=CCCC/C=C(\C)C1CC1O[Si](C)(C)C(C)(C)C. The van der Waals surface area contributed by atoms with E-state index in [1.807, 2.05) is 6.08 Å². The number of hydrogen-bond acceptors (Lipinski definition) is 1. The van der Waals surface area contributed by atoms with Gasteiger partial charge in [0.2, 0.25) is 0 Å². The Morgan fingerprint density at radius 3 is 2.47 bits per heavy atom. The van der Waals surface area contributed by atoms with E-state index < -0.39 is 8.32 Å². The Morgan fingerprint density at radius 1 is 1.32 bits per heavy atom. The summed E-state index contributed by atoms with van der Waals surface area (Å²) in [5, 5.41) is 0.321. The molecule has 0 spiro atoms. The van der Waals surface area contributed by atoms with Crippen LogP contribution in [0.15, 0.2) is 24.3 Å². The van der Waals surface area contributed by atoms with Gasteiger partial charge in [0, 0.05) is 5.92 Å². The molecule has 0 aromatic rings. The normalized spacial score (nSPS) is 24.4. The van der Waals surface area contributed by atoms with E-state index >= 15 is 0 Å². The summed E-state index contributed by atoms with van der Waals surface area (Å²) in [6.45, 7) is 17.7. The standard InChI is InChI=1S/C17H32OSi/c1-8-9-10-11-12-14(2)15-13-16(15)18-19(6,7)17(3,4)5/h8,12,15-16H,1,9-11,13H2,2-7H3/b14-12+. The van der Waals surface area contributed by atoms with Crippen LogP contribution in [-0.4, -0.2) is 14.4 Å². The third-order valence-electron chi connectivity index (χ3n) is 4.65. The van der Waals surface area contributed by atoms with Gasteiger partial charge in [-0.2, -0.15) is 0 Å². The summed E-state index contributed by atoms with van der Waals surface area (Å²) < 4.78 is 6.46. The van der Waals surface area contributed by atoms with Crippen LogP contribution in [0, 0.1) is 5.92 Å². The molecule has 0 bridgehead atoms. The van der Waals surface area contributed by atoms with Crippen LogP contribution in [0.5, 0.6) is 0 Å². The summed E-state index contributed by atoms with van der Waals surface area (Å²) in [5.74, 6) is 0.692. The maximum atomic E-state index is 6.46. The summed E-state index contributed by atoms with van der Waals surface area (Å²) in [6, 6.07) is 0. The summed E-state index contributed by atoms with van der Waals surface area (Å²) in [6.07, 6.45) is 9.67. The molecule has 1 saturated carbocycles. The zero-order chi connectivity index (χ0) is 14.7. The quantitative estimate of drug-likeness (QED) is 0.330. The topological polar surface area (TPSA) is 9.23 Å². The average molecular weight is 281 g/mol. The lowest BCUT2D eigenvalue weighted by Gasteiger charge is -2.36. The van der Waals surface area contributed by atoms with E-state index in [-0.39, 0.29) is 0 Å². The molecule has 19 heavy (non-hydrogen) atoms. The highest BCUT2D eigenvalue weighted by molar-refractivity contribution is 6.74. The van der Waals surface area contributed by atoms with Crippen molar-refractivity contribution in [3.8, 4) is 0 Å². The average Bonchev–Trinajstić information content (AvgIpc) is 3.01. The summed E-state index contributed by atoms with van der Waals surface area (Å²) in [7, 11) is -1.58. The van der Waals surface area contributed by atoms with Crippen LogP contribution in [0.2, 0.25) is 18.1 Å². The number of unbranched alkanes of at least 4 members (excludes halogenated alkanes) is 2. The fourth-order valence-corrected chi connectivity index (χ4v) is 3.45. The molecule has 0 amide bonds. The van der Waals surface area contributed by atoms with Gasteiger partial charge < -0.3 is 4.43 Å². The minimum absolute atomic E-state index is 0.321. The van der Waals surface area contributed by atoms with Crippen molar-refractivity contribution in [1.29, 1.82) is 0 Å². The molecule has 0 N–H and O–H groups in total. The minimum Gasteiger partial charge on any atom is -0.413 e. The van der Waals surface area contributed by atoms with Crippen molar-refractivity contribution in [2.45, 2.75) is 77.6 Å². The van der Waals surface area contributed by atoms with Crippen molar-refractivity contribution in [2.24, 2.45) is 5.92 Å². The first-order chi connectivity index (χ1) is 8.69. The summed E-state index contributed by atoms with van der Waals surface area (Å²) >= 11 is 0. The molecule has 2 unspecified atom stereocenters. The summed E-state index contributed by atoms with van der Waals surface area (Å²) in [4.78, 5) is 0. The predicted molar refractivity (Wildman–Crippen MR) is 88.0 cm³/mol. The van der Waals surface area contributed by atoms with E-state index in [0.29, 0.717) is 17.1 Å². The Bertz CT molecular complexity index is 336. The molecule has 1 aliphatic rings. The molecule has 0 aliphatic heterocycles. The second-order valence-electron chi connectivity index (χ2n) is 7.43. The maximum absolute atomic E-state index is 6.46. The summed E-state index contributed by atoms with van der Waals surface area (Å²) in [5.41, 5.74) is 1.53. The highest BCUT2D eigenvalue weighted by Crippen LogP contribution is 2.46. The van der Waals surface area contributed by atoms with E-state index in [2.05, 4.69) is 53.4 Å². The van der Waals surface area contributed by atoms with E-state index in [1.165, 1.54) is 24.8 Å². The van der Waals surface area contributed by atoms with Crippen LogP contribution in [0.1, 0.15) is 53.4 Å². The van der Waals surface area contributed by atoms with Gasteiger partial charge in [-0.3, -0.25) is 0 Å². The predicted octanol–water partition coefficient (Wildman–Crippen LogP) is 5.70. The molecule has 1 rings (SSSR count). The maximum Gasteiger partial charge on any atom is 0.192 e. The van der Waals surface area contributed by atoms with E-state index in [9.17, 15) is 0 Å². The van der Waals surface area contributed by atoms with Crippen LogP contribution < -0.4 is 0 Å². The molecule has 0 aromatic heterocycles. The van der Waals surface area contributed by atoms with Gasteiger partial charge in [0.25, 0.3) is 0 Å². The number of hydrogen-bond donors (Lipinski definition) is 0. The van der Waals surface area contributed by atoms with Gasteiger partial charge in [-0.1, -0.05) is 38.5 Å². The van der Waals surface area contributed by atoms with Crippen molar-refractivity contribution < 1.29 is 4.43 Å². The van der Waals surface area contributed by atoms with E-state index in [0.717, 1.165) is 6.42 Å². The van der Waals surface area contributed by atoms with E-state index in [1.54, 1.807) is 0 Å². The van der Waals surface area contributed by atoms with Gasteiger partial charge in [-0.15, -0.1) is 6.58 Å². The molecule has 0 heterocycles. The lowest BCUT2D eigenvalue weighted by Crippen LogP contribution is -2.41. The first-order valence-electron chi connectivity index (χ1n) is 7.64. The molecule has 0 aromatic carbocycles. The minimum atomic E-state index is -1.58. The molecular weight excluding hydrogens is 248 g/mol. The fraction of sp³-hybridized carbons (Fsp3) is 0.765. The molecule has 0 radical (unpaired) electrons. The molecule has 110 valence electrons. The third kappa shape index (κ3) is 4.92. The van der Waals surface area contributed by atoms with Crippen LogP contribution in [0.3, 0.4) is 0 Å². The number of allylic oxidation sites excluding steroid dienone is 2. The number of rotatable bonds is 7.